The fourth-order valence-corrected chi connectivity index (χ4v) is 2.11. The first-order chi connectivity index (χ1) is 8.74. The van der Waals surface area contributed by atoms with Gasteiger partial charge in [-0.2, -0.15) is 0 Å². The molecule has 1 amide bonds. The minimum Gasteiger partial charge on any atom is -0.368 e. The molecule has 0 bridgehead atoms. The number of piperidine rings is 1. The van der Waals surface area contributed by atoms with Gasteiger partial charge in [0.2, 0.25) is 5.91 Å². The Bertz CT molecular complexity index is 406. The molecule has 2 rings (SSSR count). The minimum absolute atomic E-state index is 0.0944. The molecule has 0 saturated carbocycles. The number of nitrogens with one attached hydrogen (secondary N) is 2. The molecule has 1 aromatic rings. The van der Waals surface area contributed by atoms with Crippen LogP contribution in [0, 0.1) is 0 Å². The third-order valence-electron chi connectivity index (χ3n) is 2.84. The van der Waals surface area contributed by atoms with E-state index in [1.54, 1.807) is 24.3 Å². The van der Waals surface area contributed by atoms with E-state index < -0.39 is 0 Å². The second-order valence-corrected chi connectivity index (χ2v) is 4.76. The minimum atomic E-state index is -0.143. The van der Waals surface area contributed by atoms with Crippen LogP contribution in [0.5, 0.6) is 0 Å². The zero-order valence-corrected chi connectivity index (χ0v) is 10.9. The second-order valence-electron chi connectivity index (χ2n) is 4.32. The maximum absolute atomic E-state index is 11.7. The molecule has 4 nitrogen and oxygen atoms in total. The van der Waals surface area contributed by atoms with Crippen LogP contribution in [-0.2, 0) is 9.53 Å². The SMILES string of the molecule is O=C(COC1CCNCC1)Nc1cccc(Cl)c1. The van der Waals surface area contributed by atoms with Gasteiger partial charge in [-0.15, -0.1) is 0 Å². The van der Waals surface area contributed by atoms with Gasteiger partial charge >= 0.3 is 0 Å². The molecular formula is C13H17ClN2O2. The van der Waals surface area contributed by atoms with Crippen molar-refractivity contribution in [3.8, 4) is 0 Å². The Kier molecular flexibility index (Phi) is 4.99. The van der Waals surface area contributed by atoms with Gasteiger partial charge in [-0.3, -0.25) is 4.79 Å². The molecule has 0 unspecified atom stereocenters. The number of anilines is 1. The number of hydrogen-bond donors (Lipinski definition) is 2. The smallest absolute Gasteiger partial charge is 0.250 e. The summed E-state index contributed by atoms with van der Waals surface area (Å²) < 4.78 is 5.56. The van der Waals surface area contributed by atoms with Gasteiger partial charge in [0, 0.05) is 10.7 Å². The molecule has 0 radical (unpaired) electrons. The highest BCUT2D eigenvalue weighted by atomic mass is 35.5. The Labute approximate surface area is 112 Å². The van der Waals surface area contributed by atoms with E-state index in [1.807, 2.05) is 0 Å². The van der Waals surface area contributed by atoms with Crippen molar-refractivity contribution in [2.75, 3.05) is 25.0 Å². The number of carbonyl (C=O) groups excluding carboxylic acids is 1. The Morgan fingerprint density at radius 1 is 1.44 bits per heavy atom. The van der Waals surface area contributed by atoms with Gasteiger partial charge in [-0.1, -0.05) is 17.7 Å². The van der Waals surface area contributed by atoms with Gasteiger partial charge in [-0.05, 0) is 44.1 Å². The van der Waals surface area contributed by atoms with Crippen LogP contribution < -0.4 is 10.6 Å². The third kappa shape index (κ3) is 4.29. The van der Waals surface area contributed by atoms with E-state index in [1.165, 1.54) is 0 Å². The predicted octanol–water partition coefficient (Wildman–Crippen LogP) is 2.05. The lowest BCUT2D eigenvalue weighted by Crippen LogP contribution is -2.34. The first-order valence-electron chi connectivity index (χ1n) is 6.12. The van der Waals surface area contributed by atoms with E-state index in [9.17, 15) is 4.79 Å². The van der Waals surface area contributed by atoms with Crippen molar-refractivity contribution >= 4 is 23.2 Å². The average molecular weight is 269 g/mol. The maximum atomic E-state index is 11.7. The number of carbonyl (C=O) groups is 1. The van der Waals surface area contributed by atoms with E-state index in [-0.39, 0.29) is 18.6 Å². The quantitative estimate of drug-likeness (QED) is 0.879. The molecule has 1 saturated heterocycles. The maximum Gasteiger partial charge on any atom is 0.250 e. The summed E-state index contributed by atoms with van der Waals surface area (Å²) in [5, 5.41) is 6.62. The summed E-state index contributed by atoms with van der Waals surface area (Å²) in [6.45, 7) is 2.01. The summed E-state index contributed by atoms with van der Waals surface area (Å²) in [6.07, 6.45) is 2.12. The van der Waals surface area contributed by atoms with Crippen LogP contribution in [0.15, 0.2) is 24.3 Å². The van der Waals surface area contributed by atoms with Crippen molar-refractivity contribution in [1.82, 2.24) is 5.32 Å². The molecule has 98 valence electrons. The van der Waals surface area contributed by atoms with E-state index in [0.717, 1.165) is 25.9 Å². The molecule has 1 heterocycles. The van der Waals surface area contributed by atoms with Crippen molar-refractivity contribution < 1.29 is 9.53 Å². The summed E-state index contributed by atoms with van der Waals surface area (Å²) >= 11 is 5.84. The van der Waals surface area contributed by atoms with Gasteiger partial charge in [0.1, 0.15) is 6.61 Å². The highest BCUT2D eigenvalue weighted by molar-refractivity contribution is 6.30. The third-order valence-corrected chi connectivity index (χ3v) is 3.08. The number of benzene rings is 1. The molecule has 0 spiro atoms. The molecule has 2 N–H and O–H groups in total. The molecule has 1 aliphatic heterocycles. The molecule has 18 heavy (non-hydrogen) atoms. The molecular weight excluding hydrogens is 252 g/mol. The standard InChI is InChI=1S/C13H17ClN2O2/c14-10-2-1-3-11(8-10)16-13(17)9-18-12-4-6-15-7-5-12/h1-3,8,12,15H,4-7,9H2,(H,16,17). The van der Waals surface area contributed by atoms with Gasteiger partial charge in [-0.25, -0.2) is 0 Å². The topological polar surface area (TPSA) is 50.4 Å². The van der Waals surface area contributed by atoms with Crippen molar-refractivity contribution in [1.29, 1.82) is 0 Å². The Morgan fingerprint density at radius 3 is 2.94 bits per heavy atom. The van der Waals surface area contributed by atoms with E-state index in [0.29, 0.717) is 10.7 Å². The summed E-state index contributed by atoms with van der Waals surface area (Å²) in [5.41, 5.74) is 0.696. The largest absolute Gasteiger partial charge is 0.368 e. The highest BCUT2D eigenvalue weighted by Gasteiger charge is 2.14. The Balaban J connectivity index is 1.74. The zero-order valence-electron chi connectivity index (χ0n) is 10.1. The lowest BCUT2D eigenvalue weighted by Gasteiger charge is -2.22. The van der Waals surface area contributed by atoms with Gasteiger partial charge in [0.15, 0.2) is 0 Å². The fraction of sp³-hybridized carbons (Fsp3) is 0.462. The summed E-state index contributed by atoms with van der Waals surface area (Å²) in [4.78, 5) is 11.7. The molecule has 0 aliphatic carbocycles. The number of ether oxygens (including phenoxy) is 1. The van der Waals surface area contributed by atoms with Crippen LogP contribution >= 0.6 is 11.6 Å². The van der Waals surface area contributed by atoms with Gasteiger partial charge in [0.05, 0.1) is 6.10 Å². The van der Waals surface area contributed by atoms with Crippen LogP contribution in [0.4, 0.5) is 5.69 Å². The van der Waals surface area contributed by atoms with Crippen molar-refractivity contribution in [3.63, 3.8) is 0 Å². The highest BCUT2D eigenvalue weighted by Crippen LogP contribution is 2.15. The van der Waals surface area contributed by atoms with Gasteiger partial charge in [0.25, 0.3) is 0 Å². The second kappa shape index (κ2) is 6.73. The van der Waals surface area contributed by atoms with Crippen LogP contribution in [0.1, 0.15) is 12.8 Å². The summed E-state index contributed by atoms with van der Waals surface area (Å²) in [7, 11) is 0. The molecule has 5 heteroatoms. The number of rotatable bonds is 4. The van der Waals surface area contributed by atoms with E-state index in [2.05, 4.69) is 10.6 Å². The van der Waals surface area contributed by atoms with E-state index in [4.69, 9.17) is 16.3 Å². The van der Waals surface area contributed by atoms with Crippen molar-refractivity contribution in [3.05, 3.63) is 29.3 Å². The van der Waals surface area contributed by atoms with Crippen LogP contribution in [0.2, 0.25) is 5.02 Å². The Hall–Kier alpha value is -1.10. The monoisotopic (exact) mass is 268 g/mol. The van der Waals surface area contributed by atoms with Crippen LogP contribution in [0.3, 0.4) is 0 Å². The lowest BCUT2D eigenvalue weighted by molar-refractivity contribution is -0.123. The number of hydrogen-bond acceptors (Lipinski definition) is 3. The summed E-state index contributed by atoms with van der Waals surface area (Å²) in [5.74, 6) is -0.143. The predicted molar refractivity (Wildman–Crippen MR) is 71.9 cm³/mol. The first-order valence-corrected chi connectivity index (χ1v) is 6.49. The molecule has 0 atom stereocenters. The normalized spacial score (nSPS) is 16.5. The molecule has 1 aliphatic rings. The molecule has 0 aromatic heterocycles. The van der Waals surface area contributed by atoms with Crippen LogP contribution in [-0.4, -0.2) is 31.7 Å². The van der Waals surface area contributed by atoms with E-state index >= 15 is 0 Å². The zero-order chi connectivity index (χ0) is 12.8. The number of amides is 1. The molecule has 1 aromatic carbocycles. The fourth-order valence-electron chi connectivity index (χ4n) is 1.92. The average Bonchev–Trinajstić information content (AvgIpc) is 2.38. The first kappa shape index (κ1) is 13.3. The van der Waals surface area contributed by atoms with Crippen molar-refractivity contribution in [2.45, 2.75) is 18.9 Å². The number of halogens is 1. The molecule has 1 fully saturated rings. The van der Waals surface area contributed by atoms with Crippen molar-refractivity contribution in [2.24, 2.45) is 0 Å². The van der Waals surface area contributed by atoms with Crippen LogP contribution in [0.25, 0.3) is 0 Å². The van der Waals surface area contributed by atoms with Gasteiger partial charge < -0.3 is 15.4 Å². The Morgan fingerprint density at radius 2 is 2.22 bits per heavy atom. The lowest BCUT2D eigenvalue weighted by atomic mass is 10.1. The summed E-state index contributed by atoms with van der Waals surface area (Å²) in [6, 6.07) is 7.08.